The quantitative estimate of drug-likeness (QED) is 0.697. The normalized spacial score (nSPS) is 23.3. The van der Waals surface area contributed by atoms with Crippen molar-refractivity contribution in [3.05, 3.63) is 53.0 Å². The molecule has 0 amide bonds. The van der Waals surface area contributed by atoms with Gasteiger partial charge in [0.05, 0.1) is 4.91 Å². The molecule has 1 N–H and O–H groups in total. The zero-order valence-corrected chi connectivity index (χ0v) is 18.2. The summed E-state index contributed by atoms with van der Waals surface area (Å²) in [6.45, 7) is 3.42. The molecule has 30 heavy (non-hydrogen) atoms. The summed E-state index contributed by atoms with van der Waals surface area (Å²) >= 11 is 5.21. The third kappa shape index (κ3) is 4.18. The Morgan fingerprint density at radius 2 is 1.80 bits per heavy atom. The predicted octanol–water partition coefficient (Wildman–Crippen LogP) is 3.51. The lowest BCUT2D eigenvalue weighted by atomic mass is 9.95. The Balaban J connectivity index is 1.75. The molecule has 1 aromatic carbocycles. The SMILES string of the molecule is C[C@H]1CN(S(=O)(=O)C2=CC=CCC2=S)CCN1c1ccc([C@@](C)(O)C(F)(F)F)cc1. The highest BCUT2D eigenvalue weighted by Crippen LogP contribution is 2.39. The van der Waals surface area contributed by atoms with Crippen molar-refractivity contribution >= 4 is 32.8 Å². The van der Waals surface area contributed by atoms with Crippen LogP contribution in [-0.2, 0) is 15.6 Å². The molecule has 1 aliphatic heterocycles. The highest BCUT2D eigenvalue weighted by Gasteiger charge is 2.51. The Labute approximate surface area is 179 Å². The molecular weight excluding hydrogens is 437 g/mol. The minimum absolute atomic E-state index is 0.152. The second-order valence-corrected chi connectivity index (χ2v) is 10.0. The predicted molar refractivity (Wildman–Crippen MR) is 114 cm³/mol. The van der Waals surface area contributed by atoms with Gasteiger partial charge >= 0.3 is 6.18 Å². The smallest absolute Gasteiger partial charge is 0.376 e. The van der Waals surface area contributed by atoms with Crippen LogP contribution in [0.5, 0.6) is 0 Å². The maximum Gasteiger partial charge on any atom is 0.421 e. The molecule has 0 saturated carbocycles. The zero-order valence-electron chi connectivity index (χ0n) is 16.6. The molecular formula is C20H23F3N2O3S2. The zero-order chi connectivity index (χ0) is 22.3. The van der Waals surface area contributed by atoms with E-state index in [1.165, 1.54) is 34.6 Å². The average molecular weight is 461 g/mol. The van der Waals surface area contributed by atoms with Gasteiger partial charge in [-0.15, -0.1) is 0 Å². The van der Waals surface area contributed by atoms with E-state index in [4.69, 9.17) is 12.2 Å². The van der Waals surface area contributed by atoms with Gasteiger partial charge < -0.3 is 10.0 Å². The Bertz CT molecular complexity index is 984. The van der Waals surface area contributed by atoms with Crippen molar-refractivity contribution in [2.45, 2.75) is 38.1 Å². The molecule has 1 fully saturated rings. The van der Waals surface area contributed by atoms with Gasteiger partial charge in [0, 0.05) is 42.6 Å². The Morgan fingerprint density at radius 3 is 2.33 bits per heavy atom. The number of allylic oxidation sites excluding steroid dienone is 4. The summed E-state index contributed by atoms with van der Waals surface area (Å²) in [5, 5.41) is 9.81. The summed E-state index contributed by atoms with van der Waals surface area (Å²) in [6, 6.07) is 5.32. The first kappa shape index (κ1) is 22.9. The van der Waals surface area contributed by atoms with E-state index in [1.54, 1.807) is 6.08 Å². The standard InChI is InChI=1S/C20H23F3N2O3S2/c1-14-13-24(30(27,28)18-6-4-3-5-17(18)29)11-12-25(14)16-9-7-15(8-10-16)19(2,26)20(21,22)23/h3-4,6-10,14,26H,5,11-13H2,1-2H3/t14-,19+/m0/s1. The molecule has 1 aromatic rings. The summed E-state index contributed by atoms with van der Waals surface area (Å²) in [6.07, 6.45) is 0.639. The van der Waals surface area contributed by atoms with Crippen molar-refractivity contribution in [3.63, 3.8) is 0 Å². The van der Waals surface area contributed by atoms with Gasteiger partial charge in [0.2, 0.25) is 10.0 Å². The molecule has 2 atom stereocenters. The molecule has 5 nitrogen and oxygen atoms in total. The molecule has 10 heteroatoms. The lowest BCUT2D eigenvalue weighted by Gasteiger charge is -2.41. The molecule has 3 rings (SSSR count). The fraction of sp³-hybridized carbons (Fsp3) is 0.450. The fourth-order valence-electron chi connectivity index (χ4n) is 3.56. The van der Waals surface area contributed by atoms with Gasteiger partial charge in [-0.2, -0.15) is 17.5 Å². The fourth-order valence-corrected chi connectivity index (χ4v) is 5.67. The van der Waals surface area contributed by atoms with Crippen molar-refractivity contribution in [2.75, 3.05) is 24.5 Å². The molecule has 1 heterocycles. The third-order valence-corrected chi connectivity index (χ3v) is 7.95. The number of hydrogen-bond donors (Lipinski definition) is 1. The van der Waals surface area contributed by atoms with E-state index in [9.17, 15) is 26.7 Å². The maximum absolute atomic E-state index is 13.0. The van der Waals surface area contributed by atoms with E-state index in [0.717, 1.165) is 0 Å². The van der Waals surface area contributed by atoms with E-state index >= 15 is 0 Å². The lowest BCUT2D eigenvalue weighted by Crippen LogP contribution is -2.54. The summed E-state index contributed by atoms with van der Waals surface area (Å²) in [5.74, 6) is 0. The lowest BCUT2D eigenvalue weighted by molar-refractivity contribution is -0.258. The van der Waals surface area contributed by atoms with Crippen molar-refractivity contribution in [3.8, 4) is 0 Å². The largest absolute Gasteiger partial charge is 0.421 e. The average Bonchev–Trinajstić information content (AvgIpc) is 2.67. The number of nitrogens with zero attached hydrogens (tertiary/aromatic N) is 2. The molecule has 1 saturated heterocycles. The maximum atomic E-state index is 13.0. The highest BCUT2D eigenvalue weighted by atomic mass is 32.2. The minimum atomic E-state index is -4.79. The van der Waals surface area contributed by atoms with Crippen LogP contribution in [0.1, 0.15) is 25.8 Å². The van der Waals surface area contributed by atoms with E-state index in [1.807, 2.05) is 17.9 Å². The van der Waals surface area contributed by atoms with Gasteiger partial charge in [-0.25, -0.2) is 8.42 Å². The number of rotatable bonds is 4. The van der Waals surface area contributed by atoms with E-state index in [2.05, 4.69) is 0 Å². The molecule has 1 aliphatic carbocycles. The second kappa shape index (κ2) is 8.07. The Morgan fingerprint density at radius 1 is 1.17 bits per heavy atom. The Hall–Kier alpha value is -1.75. The van der Waals surface area contributed by atoms with E-state index < -0.39 is 21.8 Å². The van der Waals surface area contributed by atoms with Crippen LogP contribution < -0.4 is 4.90 Å². The number of halogens is 3. The summed E-state index contributed by atoms with van der Waals surface area (Å²) in [4.78, 5) is 2.48. The first-order chi connectivity index (χ1) is 13.9. The molecule has 0 spiro atoms. The summed E-state index contributed by atoms with van der Waals surface area (Å²) < 4.78 is 66.4. The molecule has 0 bridgehead atoms. The molecule has 0 unspecified atom stereocenters. The van der Waals surface area contributed by atoms with Gasteiger partial charge in [0.15, 0.2) is 5.60 Å². The number of alkyl halides is 3. The number of anilines is 1. The van der Waals surface area contributed by atoms with Gasteiger partial charge in [-0.05, 0) is 37.6 Å². The minimum Gasteiger partial charge on any atom is -0.376 e. The number of piperazine rings is 1. The molecule has 164 valence electrons. The molecule has 0 radical (unpaired) electrons. The molecule has 0 aromatic heterocycles. The van der Waals surface area contributed by atoms with Crippen molar-refractivity contribution < 1.29 is 26.7 Å². The first-order valence-electron chi connectivity index (χ1n) is 9.42. The van der Waals surface area contributed by atoms with Crippen LogP contribution >= 0.6 is 12.2 Å². The first-order valence-corrected chi connectivity index (χ1v) is 11.3. The van der Waals surface area contributed by atoms with Gasteiger partial charge in [0.1, 0.15) is 0 Å². The van der Waals surface area contributed by atoms with Crippen LogP contribution in [0, 0.1) is 0 Å². The van der Waals surface area contributed by atoms with Crippen LogP contribution in [0.3, 0.4) is 0 Å². The second-order valence-electron chi connectivity index (χ2n) is 7.61. The number of benzene rings is 1. The van der Waals surface area contributed by atoms with Crippen LogP contribution in [0.25, 0.3) is 0 Å². The van der Waals surface area contributed by atoms with Crippen LogP contribution in [-0.4, -0.2) is 54.5 Å². The van der Waals surface area contributed by atoms with Gasteiger partial charge in [-0.1, -0.05) is 36.5 Å². The summed E-state index contributed by atoms with van der Waals surface area (Å²) in [5.41, 5.74) is -2.53. The van der Waals surface area contributed by atoms with Crippen molar-refractivity contribution in [1.29, 1.82) is 0 Å². The number of sulfonamides is 1. The molecule has 2 aliphatic rings. The number of thiocarbonyl (C=S) groups is 1. The highest BCUT2D eigenvalue weighted by molar-refractivity contribution is 7.96. The van der Waals surface area contributed by atoms with Crippen molar-refractivity contribution in [2.24, 2.45) is 0 Å². The summed E-state index contributed by atoms with van der Waals surface area (Å²) in [7, 11) is -3.70. The van der Waals surface area contributed by atoms with Crippen LogP contribution in [0.15, 0.2) is 47.4 Å². The number of hydrogen-bond acceptors (Lipinski definition) is 5. The van der Waals surface area contributed by atoms with Gasteiger partial charge in [0.25, 0.3) is 0 Å². The van der Waals surface area contributed by atoms with Crippen LogP contribution in [0.4, 0.5) is 18.9 Å². The van der Waals surface area contributed by atoms with Gasteiger partial charge in [-0.3, -0.25) is 0 Å². The van der Waals surface area contributed by atoms with E-state index in [0.29, 0.717) is 30.4 Å². The van der Waals surface area contributed by atoms with E-state index in [-0.39, 0.29) is 29.6 Å². The third-order valence-electron chi connectivity index (χ3n) is 5.48. The topological polar surface area (TPSA) is 60.9 Å². The Kier molecular flexibility index (Phi) is 6.16. The monoisotopic (exact) mass is 460 g/mol. The van der Waals surface area contributed by atoms with Crippen LogP contribution in [0.2, 0.25) is 0 Å². The van der Waals surface area contributed by atoms with Crippen molar-refractivity contribution in [1.82, 2.24) is 4.31 Å². The number of aliphatic hydroxyl groups is 1.